The van der Waals surface area contributed by atoms with Crippen LogP contribution in [0.3, 0.4) is 0 Å². The molecular formula is C22H32ClN3O2. The van der Waals surface area contributed by atoms with E-state index in [1.807, 2.05) is 36.1 Å². The first-order chi connectivity index (χ1) is 13.1. The van der Waals surface area contributed by atoms with Crippen molar-refractivity contribution in [2.45, 2.75) is 70.0 Å². The highest BCUT2D eigenvalue weighted by molar-refractivity contribution is 5.94. The monoisotopic (exact) mass is 405 g/mol. The molecule has 2 amide bonds. The van der Waals surface area contributed by atoms with E-state index >= 15 is 0 Å². The van der Waals surface area contributed by atoms with Crippen molar-refractivity contribution in [3.05, 3.63) is 35.4 Å². The minimum atomic E-state index is 0. The molecule has 0 aliphatic carbocycles. The Morgan fingerprint density at radius 1 is 1.04 bits per heavy atom. The van der Waals surface area contributed by atoms with Gasteiger partial charge in [0.15, 0.2) is 0 Å². The molecule has 3 saturated heterocycles. The lowest BCUT2D eigenvalue weighted by Gasteiger charge is -2.33. The predicted molar refractivity (Wildman–Crippen MR) is 113 cm³/mol. The Balaban J connectivity index is 0.00000225. The van der Waals surface area contributed by atoms with Gasteiger partial charge in [-0.15, -0.1) is 12.4 Å². The van der Waals surface area contributed by atoms with E-state index in [9.17, 15) is 9.59 Å². The van der Waals surface area contributed by atoms with Crippen LogP contribution in [-0.4, -0.2) is 47.9 Å². The number of carbonyl (C=O) groups excluding carboxylic acids is 2. The molecule has 0 radical (unpaired) electrons. The molecular weight excluding hydrogens is 374 g/mol. The third kappa shape index (κ3) is 5.06. The lowest BCUT2D eigenvalue weighted by atomic mass is 9.89. The second-order valence-electron chi connectivity index (χ2n) is 8.68. The van der Waals surface area contributed by atoms with Gasteiger partial charge in [-0.3, -0.25) is 9.59 Å². The number of benzene rings is 1. The molecule has 1 aromatic rings. The van der Waals surface area contributed by atoms with E-state index in [-0.39, 0.29) is 30.3 Å². The molecule has 3 aliphatic heterocycles. The first-order valence-electron chi connectivity index (χ1n) is 10.5. The van der Waals surface area contributed by atoms with Gasteiger partial charge < -0.3 is 15.5 Å². The van der Waals surface area contributed by atoms with Crippen LogP contribution >= 0.6 is 12.4 Å². The quantitative estimate of drug-likeness (QED) is 0.809. The first-order valence-corrected chi connectivity index (χ1v) is 10.5. The number of aryl methyl sites for hydroxylation is 1. The summed E-state index contributed by atoms with van der Waals surface area (Å²) in [5, 5.41) is 6.86. The summed E-state index contributed by atoms with van der Waals surface area (Å²) in [5.41, 5.74) is 1.92. The molecule has 3 heterocycles. The van der Waals surface area contributed by atoms with Crippen molar-refractivity contribution in [2.75, 3.05) is 13.1 Å². The molecule has 6 heteroatoms. The number of nitrogens with one attached hydrogen (secondary N) is 2. The van der Waals surface area contributed by atoms with Crippen LogP contribution in [0.15, 0.2) is 24.3 Å². The zero-order valence-electron chi connectivity index (χ0n) is 16.7. The van der Waals surface area contributed by atoms with Gasteiger partial charge in [0.2, 0.25) is 5.91 Å². The van der Waals surface area contributed by atoms with Crippen LogP contribution in [0, 0.1) is 12.8 Å². The minimum Gasteiger partial charge on any atom is -0.353 e. The largest absolute Gasteiger partial charge is 0.353 e. The van der Waals surface area contributed by atoms with Crippen LogP contribution < -0.4 is 10.6 Å². The fourth-order valence-electron chi connectivity index (χ4n) is 5.00. The summed E-state index contributed by atoms with van der Waals surface area (Å²) in [6.07, 6.45) is 7.20. The van der Waals surface area contributed by atoms with Crippen LogP contribution in [0.5, 0.6) is 0 Å². The molecule has 0 saturated carbocycles. The fourth-order valence-corrected chi connectivity index (χ4v) is 5.00. The van der Waals surface area contributed by atoms with E-state index < -0.39 is 0 Å². The minimum absolute atomic E-state index is 0. The topological polar surface area (TPSA) is 61.4 Å². The highest BCUT2D eigenvalue weighted by Gasteiger charge is 2.34. The number of hydrogen-bond donors (Lipinski definition) is 2. The molecule has 5 nitrogen and oxygen atoms in total. The highest BCUT2D eigenvalue weighted by atomic mass is 35.5. The Bertz CT molecular complexity index is 674. The van der Waals surface area contributed by atoms with Crippen molar-refractivity contribution in [3.63, 3.8) is 0 Å². The molecule has 4 rings (SSSR count). The molecule has 2 unspecified atom stereocenters. The first kappa shape index (κ1) is 21.1. The number of halogens is 1. The summed E-state index contributed by atoms with van der Waals surface area (Å²) in [4.78, 5) is 27.0. The van der Waals surface area contributed by atoms with Gasteiger partial charge in [-0.2, -0.15) is 0 Å². The van der Waals surface area contributed by atoms with E-state index in [2.05, 4.69) is 10.6 Å². The normalized spacial score (nSPS) is 27.2. The second kappa shape index (κ2) is 9.27. The Kier molecular flexibility index (Phi) is 7.00. The molecule has 0 aromatic heterocycles. The molecule has 2 atom stereocenters. The summed E-state index contributed by atoms with van der Waals surface area (Å²) < 4.78 is 0. The van der Waals surface area contributed by atoms with Gasteiger partial charge >= 0.3 is 0 Å². The van der Waals surface area contributed by atoms with E-state index in [1.54, 1.807) is 0 Å². The van der Waals surface area contributed by atoms with Gasteiger partial charge in [-0.05, 0) is 63.5 Å². The number of fused-ring (bicyclic) bond motifs is 2. The number of nitrogens with zero attached hydrogens (tertiary/aromatic N) is 1. The zero-order valence-corrected chi connectivity index (χ0v) is 17.5. The summed E-state index contributed by atoms with van der Waals surface area (Å²) >= 11 is 0. The van der Waals surface area contributed by atoms with Crippen molar-refractivity contribution >= 4 is 24.2 Å². The summed E-state index contributed by atoms with van der Waals surface area (Å²) in [7, 11) is 0. The maximum Gasteiger partial charge on any atom is 0.253 e. The predicted octanol–water partition coefficient (Wildman–Crippen LogP) is 3.06. The molecule has 2 N–H and O–H groups in total. The molecule has 154 valence electrons. The van der Waals surface area contributed by atoms with E-state index in [1.165, 1.54) is 12.8 Å². The molecule has 1 aromatic carbocycles. The number of hydrogen-bond acceptors (Lipinski definition) is 3. The number of carbonyl (C=O) groups is 2. The SMILES string of the molecule is Cc1ccc(C(=O)N2CCC(NC(=O)CC3CC4CCC(C3)N4)CC2)cc1.Cl. The van der Waals surface area contributed by atoms with Gasteiger partial charge in [0.25, 0.3) is 5.91 Å². The van der Waals surface area contributed by atoms with Crippen molar-refractivity contribution < 1.29 is 9.59 Å². The smallest absolute Gasteiger partial charge is 0.253 e. The number of rotatable bonds is 4. The number of likely N-dealkylation sites (tertiary alicyclic amines) is 1. The molecule has 3 fully saturated rings. The Hall–Kier alpha value is -1.59. The lowest BCUT2D eigenvalue weighted by Crippen LogP contribution is -2.47. The van der Waals surface area contributed by atoms with Gasteiger partial charge in [-0.25, -0.2) is 0 Å². The number of amides is 2. The van der Waals surface area contributed by atoms with Crippen LogP contribution in [0.2, 0.25) is 0 Å². The Morgan fingerprint density at radius 2 is 1.64 bits per heavy atom. The van der Waals surface area contributed by atoms with Crippen molar-refractivity contribution in [2.24, 2.45) is 5.92 Å². The third-order valence-electron chi connectivity index (χ3n) is 6.49. The van der Waals surface area contributed by atoms with Crippen molar-refractivity contribution in [1.29, 1.82) is 0 Å². The molecule has 3 aliphatic rings. The summed E-state index contributed by atoms with van der Waals surface area (Å²) in [6, 6.07) is 9.24. The van der Waals surface area contributed by atoms with Crippen LogP contribution in [0.25, 0.3) is 0 Å². The lowest BCUT2D eigenvalue weighted by molar-refractivity contribution is -0.123. The summed E-state index contributed by atoms with van der Waals surface area (Å²) in [5.74, 6) is 0.835. The van der Waals surface area contributed by atoms with Crippen LogP contribution in [0.4, 0.5) is 0 Å². The third-order valence-corrected chi connectivity index (χ3v) is 6.49. The fraction of sp³-hybridized carbons (Fsp3) is 0.636. The van der Waals surface area contributed by atoms with Gasteiger partial charge in [-0.1, -0.05) is 17.7 Å². The average Bonchev–Trinajstić information content (AvgIpc) is 3.00. The van der Waals surface area contributed by atoms with Gasteiger partial charge in [0.05, 0.1) is 0 Å². The molecule has 2 bridgehead atoms. The standard InChI is InChI=1S/C22H31N3O2.ClH/c1-15-2-4-17(5-3-15)22(27)25-10-8-18(9-11-25)24-21(26)14-16-12-19-6-7-20(13-16)23-19;/h2-5,16,18-20,23H,6-14H2,1H3,(H,24,26);1H. The van der Waals surface area contributed by atoms with Crippen molar-refractivity contribution in [1.82, 2.24) is 15.5 Å². The van der Waals surface area contributed by atoms with E-state index in [0.717, 1.165) is 49.9 Å². The zero-order chi connectivity index (χ0) is 18.8. The van der Waals surface area contributed by atoms with E-state index in [0.29, 0.717) is 24.4 Å². The highest BCUT2D eigenvalue weighted by Crippen LogP contribution is 2.32. The molecule has 0 spiro atoms. The second-order valence-corrected chi connectivity index (χ2v) is 8.68. The molecule has 28 heavy (non-hydrogen) atoms. The van der Waals surface area contributed by atoms with Crippen LogP contribution in [0.1, 0.15) is 60.9 Å². The van der Waals surface area contributed by atoms with Crippen molar-refractivity contribution in [3.8, 4) is 0 Å². The number of piperidine rings is 2. The average molecular weight is 406 g/mol. The van der Waals surface area contributed by atoms with E-state index in [4.69, 9.17) is 0 Å². The maximum atomic E-state index is 12.6. The Labute approximate surface area is 174 Å². The maximum absolute atomic E-state index is 12.6. The van der Waals surface area contributed by atoms with Gasteiger partial charge in [0, 0.05) is 43.2 Å². The summed E-state index contributed by atoms with van der Waals surface area (Å²) in [6.45, 7) is 3.46. The van der Waals surface area contributed by atoms with Gasteiger partial charge in [0.1, 0.15) is 0 Å². The van der Waals surface area contributed by atoms with Crippen LogP contribution in [-0.2, 0) is 4.79 Å². The Morgan fingerprint density at radius 3 is 2.25 bits per heavy atom.